The minimum Gasteiger partial charge on any atom is -0.497 e. The number of benzene rings is 4. The highest BCUT2D eigenvalue weighted by atomic mass is 16.5. The quantitative estimate of drug-likeness (QED) is 0.349. The third-order valence-corrected chi connectivity index (χ3v) is 5.77. The van der Waals surface area contributed by atoms with Gasteiger partial charge in [0.05, 0.1) is 24.6 Å². The van der Waals surface area contributed by atoms with Crippen molar-refractivity contribution in [2.24, 2.45) is 5.10 Å². The summed E-state index contributed by atoms with van der Waals surface area (Å²) in [5.41, 5.74) is 6.50. The number of hydrogen-bond acceptors (Lipinski definition) is 3. The molecule has 5 rings (SSSR count). The molecule has 4 aromatic rings. The average Bonchev–Trinajstić information content (AvgIpc) is 3.34. The predicted octanol–water partition coefficient (Wildman–Crippen LogP) is 6.45. The van der Waals surface area contributed by atoms with Crippen LogP contribution in [-0.2, 0) is 0 Å². The Labute approximate surface area is 195 Å². The molecule has 1 aliphatic heterocycles. The van der Waals surface area contributed by atoms with Gasteiger partial charge in [-0.25, -0.2) is 0 Å². The van der Waals surface area contributed by atoms with Crippen LogP contribution in [0.3, 0.4) is 0 Å². The third-order valence-electron chi connectivity index (χ3n) is 5.77. The van der Waals surface area contributed by atoms with Crippen molar-refractivity contribution in [2.45, 2.75) is 12.5 Å². The summed E-state index contributed by atoms with van der Waals surface area (Å²) in [6.07, 6.45) is 0.830. The van der Waals surface area contributed by atoms with E-state index in [1.165, 1.54) is 5.56 Å². The zero-order valence-corrected chi connectivity index (χ0v) is 18.5. The molecule has 0 spiro atoms. The molecule has 3 nitrogen and oxygen atoms in total. The first-order valence-corrected chi connectivity index (χ1v) is 11.0. The first kappa shape index (κ1) is 20.6. The maximum absolute atomic E-state index is 5.34. The van der Waals surface area contributed by atoms with Crippen LogP contribution in [0.4, 0.5) is 5.69 Å². The first-order chi connectivity index (χ1) is 16.3. The van der Waals surface area contributed by atoms with Gasteiger partial charge in [-0.2, -0.15) is 5.10 Å². The lowest BCUT2D eigenvalue weighted by atomic mass is 9.97. The van der Waals surface area contributed by atoms with E-state index in [9.17, 15) is 0 Å². The van der Waals surface area contributed by atoms with Crippen molar-refractivity contribution in [3.05, 3.63) is 131 Å². The van der Waals surface area contributed by atoms with Crippen LogP contribution in [0.25, 0.3) is 0 Å². The van der Waals surface area contributed by atoms with Crippen LogP contribution in [0.15, 0.2) is 114 Å². The monoisotopic (exact) mass is 428 g/mol. The molecule has 0 saturated heterocycles. The summed E-state index contributed by atoms with van der Waals surface area (Å²) in [5, 5.41) is 7.16. The Hall–Kier alpha value is -4.29. The third kappa shape index (κ3) is 4.66. The summed E-state index contributed by atoms with van der Waals surface area (Å²) in [6.45, 7) is 0. The van der Waals surface area contributed by atoms with Crippen LogP contribution >= 0.6 is 0 Å². The lowest BCUT2D eigenvalue weighted by Gasteiger charge is -2.24. The van der Waals surface area contributed by atoms with E-state index in [1.54, 1.807) is 7.11 Å². The molecule has 0 N–H and O–H groups in total. The van der Waals surface area contributed by atoms with Crippen LogP contribution in [0.5, 0.6) is 5.75 Å². The van der Waals surface area contributed by atoms with Gasteiger partial charge in [-0.3, -0.25) is 5.01 Å². The molecular weight excluding hydrogens is 404 g/mol. The normalized spacial score (nSPS) is 14.9. The van der Waals surface area contributed by atoms with E-state index in [1.807, 2.05) is 60.7 Å². The molecule has 0 radical (unpaired) electrons. The van der Waals surface area contributed by atoms with Gasteiger partial charge < -0.3 is 4.74 Å². The number of methoxy groups -OCH3 is 1. The fourth-order valence-corrected chi connectivity index (χ4v) is 4.00. The number of para-hydroxylation sites is 1. The molecule has 1 atom stereocenters. The maximum Gasteiger partial charge on any atom is 0.118 e. The number of hydrogen-bond donors (Lipinski definition) is 0. The van der Waals surface area contributed by atoms with Crippen LogP contribution in [-0.4, -0.2) is 12.8 Å². The van der Waals surface area contributed by atoms with Gasteiger partial charge in [0.15, 0.2) is 0 Å². The molecule has 0 aromatic heterocycles. The van der Waals surface area contributed by atoms with Gasteiger partial charge in [-0.15, -0.1) is 0 Å². The van der Waals surface area contributed by atoms with E-state index in [4.69, 9.17) is 9.84 Å². The van der Waals surface area contributed by atoms with Gasteiger partial charge in [0.1, 0.15) is 5.75 Å². The van der Waals surface area contributed by atoms with Gasteiger partial charge in [0.25, 0.3) is 0 Å². The lowest BCUT2D eigenvalue weighted by molar-refractivity contribution is 0.414. The van der Waals surface area contributed by atoms with E-state index in [0.29, 0.717) is 0 Å². The second kappa shape index (κ2) is 9.46. The summed E-state index contributed by atoms with van der Waals surface area (Å²) in [6, 6.07) is 37.2. The Morgan fingerprint density at radius 1 is 0.727 bits per heavy atom. The predicted molar refractivity (Wildman–Crippen MR) is 135 cm³/mol. The minimum absolute atomic E-state index is 0.130. The molecule has 1 unspecified atom stereocenters. The van der Waals surface area contributed by atoms with Crippen molar-refractivity contribution in [3.63, 3.8) is 0 Å². The lowest BCUT2D eigenvalue weighted by Crippen LogP contribution is -2.18. The topological polar surface area (TPSA) is 24.8 Å². The molecule has 0 amide bonds. The molecule has 33 heavy (non-hydrogen) atoms. The molecule has 160 valence electrons. The van der Waals surface area contributed by atoms with Crippen LogP contribution in [0.2, 0.25) is 0 Å². The zero-order chi connectivity index (χ0) is 22.5. The second-order valence-corrected chi connectivity index (χ2v) is 7.91. The highest BCUT2D eigenvalue weighted by molar-refractivity contribution is 6.03. The van der Waals surface area contributed by atoms with E-state index in [2.05, 4.69) is 65.4 Å². The number of ether oxygens (including phenoxy) is 1. The van der Waals surface area contributed by atoms with Gasteiger partial charge in [-0.05, 0) is 59.7 Å². The van der Waals surface area contributed by atoms with Crippen molar-refractivity contribution >= 4 is 11.4 Å². The SMILES string of the molecule is COc1ccc(C2CC(c3ccc(C#Cc4ccccc4)cc3)=NN2c2ccccc2)cc1. The fourth-order valence-electron chi connectivity index (χ4n) is 4.00. The summed E-state index contributed by atoms with van der Waals surface area (Å²) < 4.78 is 5.34. The molecule has 0 saturated carbocycles. The molecule has 0 fully saturated rings. The average molecular weight is 429 g/mol. The molecule has 3 heteroatoms. The molecular formula is C30H24N2O. The van der Waals surface area contributed by atoms with Crippen molar-refractivity contribution < 1.29 is 4.74 Å². The van der Waals surface area contributed by atoms with E-state index < -0.39 is 0 Å². The molecule has 4 aromatic carbocycles. The van der Waals surface area contributed by atoms with E-state index in [0.717, 1.165) is 40.3 Å². The Kier molecular flexibility index (Phi) is 5.91. The van der Waals surface area contributed by atoms with Crippen LogP contribution in [0.1, 0.15) is 34.7 Å². The van der Waals surface area contributed by atoms with Crippen LogP contribution in [0, 0.1) is 11.8 Å². The maximum atomic E-state index is 5.34. The van der Waals surface area contributed by atoms with E-state index >= 15 is 0 Å². The first-order valence-electron chi connectivity index (χ1n) is 11.0. The van der Waals surface area contributed by atoms with Crippen molar-refractivity contribution in [3.8, 4) is 17.6 Å². The van der Waals surface area contributed by atoms with Gasteiger partial charge in [0.2, 0.25) is 0 Å². The Balaban J connectivity index is 1.42. The molecule has 0 aliphatic carbocycles. The Morgan fingerprint density at radius 2 is 1.33 bits per heavy atom. The Bertz CT molecular complexity index is 1300. The standard InChI is InChI=1S/C30H24N2O/c1-33-28-20-18-26(19-21-28)30-22-29(31-32(30)27-10-6-3-7-11-27)25-16-14-24(15-17-25)13-12-23-8-4-2-5-9-23/h2-11,14-21,30H,22H2,1H3. The molecule has 0 bridgehead atoms. The number of nitrogens with zero attached hydrogens (tertiary/aromatic N) is 2. The fraction of sp³-hybridized carbons (Fsp3) is 0.100. The van der Waals surface area contributed by atoms with Crippen LogP contribution < -0.4 is 9.75 Å². The number of anilines is 1. The van der Waals surface area contributed by atoms with Gasteiger partial charge in [-0.1, -0.05) is 72.5 Å². The summed E-state index contributed by atoms with van der Waals surface area (Å²) in [4.78, 5) is 0. The minimum atomic E-state index is 0.130. The zero-order valence-electron chi connectivity index (χ0n) is 18.5. The number of hydrazone groups is 1. The van der Waals surface area contributed by atoms with Crippen molar-refractivity contribution in [2.75, 3.05) is 12.1 Å². The molecule has 1 heterocycles. The highest BCUT2D eigenvalue weighted by Crippen LogP contribution is 2.37. The van der Waals surface area contributed by atoms with E-state index in [-0.39, 0.29) is 6.04 Å². The second-order valence-electron chi connectivity index (χ2n) is 7.91. The summed E-state index contributed by atoms with van der Waals surface area (Å²) in [7, 11) is 1.69. The molecule has 1 aliphatic rings. The van der Waals surface area contributed by atoms with Gasteiger partial charge in [0, 0.05) is 17.5 Å². The summed E-state index contributed by atoms with van der Waals surface area (Å²) >= 11 is 0. The smallest absolute Gasteiger partial charge is 0.118 e. The van der Waals surface area contributed by atoms with Gasteiger partial charge >= 0.3 is 0 Å². The Morgan fingerprint density at radius 3 is 1.97 bits per heavy atom. The van der Waals surface area contributed by atoms with Crippen molar-refractivity contribution in [1.29, 1.82) is 0 Å². The largest absolute Gasteiger partial charge is 0.497 e. The summed E-state index contributed by atoms with van der Waals surface area (Å²) in [5.74, 6) is 7.32. The number of rotatable bonds is 4. The van der Waals surface area contributed by atoms with Crippen molar-refractivity contribution in [1.82, 2.24) is 0 Å². The highest BCUT2D eigenvalue weighted by Gasteiger charge is 2.29.